The number of carboxylic acids is 1. The number of carboxylic acid groups (broad SMARTS) is 1. The minimum absolute atomic E-state index is 0.301. The summed E-state index contributed by atoms with van der Waals surface area (Å²) in [4.78, 5) is 27.8. The SMILES string of the molecule is O=C(NC1CCCC1C(=O)O)c1nccc2ccccc12. The lowest BCUT2D eigenvalue weighted by atomic mass is 10.0. The number of nitrogens with zero attached hydrogens (tertiary/aromatic N) is 1. The van der Waals surface area contributed by atoms with Crippen LogP contribution in [0.1, 0.15) is 29.8 Å². The van der Waals surface area contributed by atoms with Gasteiger partial charge in [-0.15, -0.1) is 0 Å². The van der Waals surface area contributed by atoms with Gasteiger partial charge in [0.15, 0.2) is 0 Å². The number of nitrogens with one attached hydrogen (secondary N) is 1. The molecule has 5 nitrogen and oxygen atoms in total. The molecule has 2 unspecified atom stereocenters. The third kappa shape index (κ3) is 2.59. The average Bonchev–Trinajstić information content (AvgIpc) is 2.95. The highest BCUT2D eigenvalue weighted by molar-refractivity contribution is 6.05. The molecular weight excluding hydrogens is 268 g/mol. The van der Waals surface area contributed by atoms with E-state index in [4.69, 9.17) is 0 Å². The normalized spacial score (nSPS) is 21.3. The number of rotatable bonds is 3. The fourth-order valence-corrected chi connectivity index (χ4v) is 2.97. The molecule has 0 bridgehead atoms. The fourth-order valence-electron chi connectivity index (χ4n) is 2.97. The number of carbonyl (C=O) groups excluding carboxylic acids is 1. The number of fused-ring (bicyclic) bond motifs is 1. The van der Waals surface area contributed by atoms with Gasteiger partial charge in [-0.25, -0.2) is 0 Å². The van der Waals surface area contributed by atoms with E-state index >= 15 is 0 Å². The lowest BCUT2D eigenvalue weighted by Gasteiger charge is -2.17. The van der Waals surface area contributed by atoms with Crippen molar-refractivity contribution in [3.05, 3.63) is 42.2 Å². The Hall–Kier alpha value is -2.43. The topological polar surface area (TPSA) is 79.3 Å². The number of amides is 1. The second-order valence-corrected chi connectivity index (χ2v) is 5.34. The first kappa shape index (κ1) is 13.5. The van der Waals surface area contributed by atoms with Gasteiger partial charge in [-0.1, -0.05) is 30.7 Å². The number of carbonyl (C=O) groups is 2. The van der Waals surface area contributed by atoms with Crippen LogP contribution in [0.15, 0.2) is 36.5 Å². The van der Waals surface area contributed by atoms with Crippen molar-refractivity contribution >= 4 is 22.6 Å². The first-order chi connectivity index (χ1) is 10.2. The number of hydrogen-bond donors (Lipinski definition) is 2. The Bertz CT molecular complexity index is 693. The molecule has 0 spiro atoms. The Morgan fingerprint density at radius 2 is 2.00 bits per heavy atom. The van der Waals surface area contributed by atoms with Crippen LogP contribution < -0.4 is 5.32 Å². The predicted octanol–water partition coefficient (Wildman–Crippen LogP) is 2.22. The van der Waals surface area contributed by atoms with E-state index in [9.17, 15) is 14.7 Å². The van der Waals surface area contributed by atoms with E-state index in [0.717, 1.165) is 17.2 Å². The molecule has 1 heterocycles. The molecule has 108 valence electrons. The minimum atomic E-state index is -0.844. The van der Waals surface area contributed by atoms with E-state index in [0.29, 0.717) is 18.5 Å². The standard InChI is InChI=1S/C16H16N2O3/c19-15(18-13-7-3-6-12(13)16(20)21)14-11-5-2-1-4-10(11)8-9-17-14/h1-2,4-5,8-9,12-13H,3,6-7H2,(H,18,19)(H,20,21). The van der Waals surface area contributed by atoms with E-state index in [1.54, 1.807) is 6.20 Å². The Labute approximate surface area is 122 Å². The lowest BCUT2D eigenvalue weighted by molar-refractivity contribution is -0.142. The van der Waals surface area contributed by atoms with Crippen LogP contribution >= 0.6 is 0 Å². The summed E-state index contributed by atoms with van der Waals surface area (Å²) < 4.78 is 0. The van der Waals surface area contributed by atoms with Crippen molar-refractivity contribution in [1.29, 1.82) is 0 Å². The van der Waals surface area contributed by atoms with E-state index in [-0.39, 0.29) is 11.9 Å². The second kappa shape index (κ2) is 5.52. The zero-order valence-electron chi connectivity index (χ0n) is 11.5. The van der Waals surface area contributed by atoms with Crippen LogP contribution in [0.4, 0.5) is 0 Å². The zero-order valence-corrected chi connectivity index (χ0v) is 11.5. The van der Waals surface area contributed by atoms with Crippen LogP contribution in [0.25, 0.3) is 10.8 Å². The highest BCUT2D eigenvalue weighted by atomic mass is 16.4. The number of aliphatic carboxylic acids is 1. The number of pyridine rings is 1. The molecule has 1 fully saturated rings. The summed E-state index contributed by atoms with van der Waals surface area (Å²) in [5.41, 5.74) is 0.351. The highest BCUT2D eigenvalue weighted by Gasteiger charge is 2.34. The molecule has 2 aromatic rings. The van der Waals surface area contributed by atoms with Crippen LogP contribution in [0.2, 0.25) is 0 Å². The maximum atomic E-state index is 12.4. The van der Waals surface area contributed by atoms with Crippen molar-refractivity contribution in [2.75, 3.05) is 0 Å². The lowest BCUT2D eigenvalue weighted by Crippen LogP contribution is -2.40. The van der Waals surface area contributed by atoms with Gasteiger partial charge in [0.05, 0.1) is 5.92 Å². The van der Waals surface area contributed by atoms with Crippen molar-refractivity contribution in [1.82, 2.24) is 10.3 Å². The van der Waals surface area contributed by atoms with E-state index in [1.807, 2.05) is 30.3 Å². The summed E-state index contributed by atoms with van der Waals surface area (Å²) >= 11 is 0. The van der Waals surface area contributed by atoms with Crippen molar-refractivity contribution in [2.24, 2.45) is 5.92 Å². The van der Waals surface area contributed by atoms with Gasteiger partial charge < -0.3 is 10.4 Å². The third-order valence-electron chi connectivity index (χ3n) is 4.04. The summed E-state index contributed by atoms with van der Waals surface area (Å²) in [5.74, 6) is -1.64. The van der Waals surface area contributed by atoms with Crippen LogP contribution in [-0.2, 0) is 4.79 Å². The summed E-state index contributed by atoms with van der Waals surface area (Å²) in [5, 5.41) is 13.7. The monoisotopic (exact) mass is 284 g/mol. The van der Waals surface area contributed by atoms with E-state index in [2.05, 4.69) is 10.3 Å². The fraction of sp³-hybridized carbons (Fsp3) is 0.312. The first-order valence-corrected chi connectivity index (χ1v) is 7.04. The molecule has 3 rings (SSSR count). The first-order valence-electron chi connectivity index (χ1n) is 7.04. The zero-order chi connectivity index (χ0) is 14.8. The Balaban J connectivity index is 1.86. The molecule has 2 N–H and O–H groups in total. The maximum absolute atomic E-state index is 12.4. The molecule has 0 aliphatic heterocycles. The van der Waals surface area contributed by atoms with Gasteiger partial charge in [-0.05, 0) is 24.3 Å². The van der Waals surface area contributed by atoms with Gasteiger partial charge >= 0.3 is 5.97 Å². The van der Waals surface area contributed by atoms with Crippen molar-refractivity contribution in [2.45, 2.75) is 25.3 Å². The van der Waals surface area contributed by atoms with E-state index < -0.39 is 11.9 Å². The van der Waals surface area contributed by atoms with Crippen molar-refractivity contribution < 1.29 is 14.7 Å². The second-order valence-electron chi connectivity index (χ2n) is 5.34. The van der Waals surface area contributed by atoms with Crippen molar-refractivity contribution in [3.63, 3.8) is 0 Å². The van der Waals surface area contributed by atoms with Crippen LogP contribution in [-0.4, -0.2) is 28.0 Å². The summed E-state index contributed by atoms with van der Waals surface area (Å²) in [6.07, 6.45) is 3.74. The number of benzene rings is 1. The van der Waals surface area contributed by atoms with E-state index in [1.165, 1.54) is 0 Å². The van der Waals surface area contributed by atoms with Crippen LogP contribution in [0.3, 0.4) is 0 Å². The highest BCUT2D eigenvalue weighted by Crippen LogP contribution is 2.26. The molecule has 1 amide bonds. The average molecular weight is 284 g/mol. The van der Waals surface area contributed by atoms with Crippen LogP contribution in [0, 0.1) is 5.92 Å². The molecule has 0 radical (unpaired) electrons. The molecule has 1 aromatic heterocycles. The third-order valence-corrected chi connectivity index (χ3v) is 4.04. The van der Waals surface area contributed by atoms with Crippen molar-refractivity contribution in [3.8, 4) is 0 Å². The van der Waals surface area contributed by atoms with Gasteiger partial charge in [0.25, 0.3) is 5.91 Å². The molecule has 5 heteroatoms. The summed E-state index contributed by atoms with van der Waals surface area (Å²) in [7, 11) is 0. The molecule has 1 aliphatic carbocycles. The van der Waals surface area contributed by atoms with Gasteiger partial charge in [0.1, 0.15) is 5.69 Å². The molecule has 1 aliphatic rings. The summed E-state index contributed by atoms with van der Waals surface area (Å²) in [6, 6.07) is 9.07. The number of aromatic nitrogens is 1. The summed E-state index contributed by atoms with van der Waals surface area (Å²) in [6.45, 7) is 0. The Kier molecular flexibility index (Phi) is 3.56. The number of hydrogen-bond acceptors (Lipinski definition) is 3. The molecule has 1 aromatic carbocycles. The quantitative estimate of drug-likeness (QED) is 0.905. The maximum Gasteiger partial charge on any atom is 0.308 e. The Morgan fingerprint density at radius 1 is 1.19 bits per heavy atom. The molecule has 1 saturated carbocycles. The smallest absolute Gasteiger partial charge is 0.308 e. The van der Waals surface area contributed by atoms with Gasteiger partial charge in [0.2, 0.25) is 0 Å². The molecular formula is C16H16N2O3. The van der Waals surface area contributed by atoms with Gasteiger partial charge in [-0.3, -0.25) is 14.6 Å². The molecule has 2 atom stereocenters. The van der Waals surface area contributed by atoms with Gasteiger partial charge in [-0.2, -0.15) is 0 Å². The van der Waals surface area contributed by atoms with Crippen LogP contribution in [0.5, 0.6) is 0 Å². The minimum Gasteiger partial charge on any atom is -0.481 e. The van der Waals surface area contributed by atoms with Gasteiger partial charge in [0, 0.05) is 17.6 Å². The molecule has 0 saturated heterocycles. The largest absolute Gasteiger partial charge is 0.481 e. The molecule has 21 heavy (non-hydrogen) atoms. The Morgan fingerprint density at radius 3 is 2.81 bits per heavy atom. The predicted molar refractivity (Wildman–Crippen MR) is 78.0 cm³/mol.